The molecule has 0 aliphatic carbocycles. The van der Waals surface area contributed by atoms with Gasteiger partial charge in [-0.3, -0.25) is 10.2 Å². The largest absolute Gasteiger partial charge is 0.390 e. The third-order valence-electron chi connectivity index (χ3n) is 4.65. The number of hydrogen-bond acceptors (Lipinski definition) is 3. The Bertz CT molecular complexity index is 1020. The Balaban J connectivity index is 1.45. The first kappa shape index (κ1) is 17.3. The average Bonchev–Trinajstić information content (AvgIpc) is 3.03. The van der Waals surface area contributed by atoms with Gasteiger partial charge in [-0.1, -0.05) is 54.6 Å². The molecule has 1 amide bonds. The van der Waals surface area contributed by atoms with Gasteiger partial charge >= 0.3 is 0 Å². The number of aromatic nitrogens is 1. The van der Waals surface area contributed by atoms with E-state index in [4.69, 9.17) is 0 Å². The fourth-order valence-corrected chi connectivity index (χ4v) is 3.39. The first-order valence-corrected chi connectivity index (χ1v) is 8.96. The summed E-state index contributed by atoms with van der Waals surface area (Å²) in [7, 11) is 0. The molecular formula is C22H21N3O2. The Morgan fingerprint density at radius 2 is 1.41 bits per heavy atom. The molecule has 0 saturated carbocycles. The number of benzene rings is 3. The van der Waals surface area contributed by atoms with Crippen molar-refractivity contribution in [2.24, 2.45) is 0 Å². The molecule has 1 aromatic heterocycles. The Morgan fingerprint density at radius 3 is 2.04 bits per heavy atom. The summed E-state index contributed by atoms with van der Waals surface area (Å²) in [6.45, 7) is 0.682. The van der Waals surface area contributed by atoms with Gasteiger partial charge in [-0.15, -0.1) is 0 Å². The maximum atomic E-state index is 12.0. The molecule has 136 valence electrons. The molecule has 1 heterocycles. The number of rotatable bonds is 6. The maximum Gasteiger partial charge on any atom is 0.265 e. The predicted octanol–water partition coefficient (Wildman–Crippen LogP) is 3.09. The monoisotopic (exact) mass is 359 g/mol. The lowest BCUT2D eigenvalue weighted by Gasteiger charge is -2.15. The normalized spacial score (nSPS) is 12.3. The second-order valence-electron chi connectivity index (χ2n) is 6.50. The molecule has 3 N–H and O–H groups in total. The van der Waals surface area contributed by atoms with Gasteiger partial charge < -0.3 is 9.67 Å². The number of amides is 1. The van der Waals surface area contributed by atoms with Crippen molar-refractivity contribution in [3.63, 3.8) is 0 Å². The first-order chi connectivity index (χ1) is 13.2. The summed E-state index contributed by atoms with van der Waals surface area (Å²) in [5, 5.41) is 12.8. The van der Waals surface area contributed by atoms with Gasteiger partial charge in [0.15, 0.2) is 0 Å². The van der Waals surface area contributed by atoms with E-state index in [9.17, 15) is 9.90 Å². The Kier molecular flexibility index (Phi) is 4.87. The molecule has 5 heteroatoms. The van der Waals surface area contributed by atoms with E-state index in [1.54, 1.807) is 12.1 Å². The van der Waals surface area contributed by atoms with Crippen molar-refractivity contribution in [1.29, 1.82) is 0 Å². The number of carbonyl (C=O) groups is 1. The standard InChI is InChI=1S/C22H21N3O2/c26-17(14-23-24-22(27)16-8-2-1-3-9-16)15-25-20-12-6-4-10-18(20)19-11-5-7-13-21(19)25/h1-13,17,23,26H,14-15H2,(H,24,27). The lowest BCUT2D eigenvalue weighted by Crippen LogP contribution is -2.42. The van der Waals surface area contributed by atoms with Crippen LogP contribution in [-0.2, 0) is 6.54 Å². The molecule has 1 atom stereocenters. The van der Waals surface area contributed by atoms with Crippen LogP contribution in [0.15, 0.2) is 78.9 Å². The molecule has 0 spiro atoms. The SMILES string of the molecule is O=C(NNCC(O)Cn1c2ccccc2c2ccccc21)c1ccccc1. The number of fused-ring (bicyclic) bond motifs is 3. The summed E-state index contributed by atoms with van der Waals surface area (Å²) in [6.07, 6.45) is -0.653. The zero-order valence-electron chi connectivity index (χ0n) is 14.8. The zero-order valence-corrected chi connectivity index (χ0v) is 14.8. The molecule has 5 nitrogen and oxygen atoms in total. The number of aliphatic hydroxyl groups excluding tert-OH is 1. The molecule has 0 bridgehead atoms. The molecule has 0 aliphatic rings. The predicted molar refractivity (Wildman–Crippen MR) is 107 cm³/mol. The summed E-state index contributed by atoms with van der Waals surface area (Å²) in [5.41, 5.74) is 8.20. The van der Waals surface area contributed by atoms with Crippen LogP contribution in [0.4, 0.5) is 0 Å². The van der Waals surface area contributed by atoms with Crippen LogP contribution in [0.2, 0.25) is 0 Å². The lowest BCUT2D eigenvalue weighted by atomic mass is 10.2. The number of carbonyl (C=O) groups excluding carboxylic acids is 1. The van der Waals surface area contributed by atoms with E-state index in [2.05, 4.69) is 39.7 Å². The minimum Gasteiger partial charge on any atom is -0.390 e. The molecule has 4 rings (SSSR count). The number of nitrogens with one attached hydrogen (secondary N) is 2. The molecular weight excluding hydrogens is 338 g/mol. The van der Waals surface area contributed by atoms with Gasteiger partial charge in [0.05, 0.1) is 12.6 Å². The van der Waals surface area contributed by atoms with Crippen molar-refractivity contribution in [2.75, 3.05) is 6.54 Å². The van der Waals surface area contributed by atoms with Gasteiger partial charge in [0.25, 0.3) is 5.91 Å². The maximum absolute atomic E-state index is 12.0. The van der Waals surface area contributed by atoms with Gasteiger partial charge in [-0.25, -0.2) is 5.43 Å². The summed E-state index contributed by atoms with van der Waals surface area (Å²) < 4.78 is 2.12. The zero-order chi connectivity index (χ0) is 18.6. The highest BCUT2D eigenvalue weighted by Gasteiger charge is 2.13. The summed E-state index contributed by atoms with van der Waals surface area (Å²) >= 11 is 0. The van der Waals surface area contributed by atoms with Crippen LogP contribution in [0.25, 0.3) is 21.8 Å². The number of aliphatic hydroxyl groups is 1. The van der Waals surface area contributed by atoms with Gasteiger partial charge in [-0.05, 0) is 24.3 Å². The van der Waals surface area contributed by atoms with Gasteiger partial charge in [0, 0.05) is 33.9 Å². The molecule has 3 aromatic carbocycles. The van der Waals surface area contributed by atoms with E-state index in [1.165, 1.54) is 10.8 Å². The second kappa shape index (κ2) is 7.61. The van der Waals surface area contributed by atoms with Crippen molar-refractivity contribution in [1.82, 2.24) is 15.4 Å². The number of hydrazine groups is 1. The van der Waals surface area contributed by atoms with Crippen LogP contribution >= 0.6 is 0 Å². The topological polar surface area (TPSA) is 66.3 Å². The van der Waals surface area contributed by atoms with Crippen molar-refractivity contribution >= 4 is 27.7 Å². The molecule has 27 heavy (non-hydrogen) atoms. The van der Waals surface area contributed by atoms with Gasteiger partial charge in [-0.2, -0.15) is 0 Å². The fraction of sp³-hybridized carbons (Fsp3) is 0.136. The third kappa shape index (κ3) is 3.56. The van der Waals surface area contributed by atoms with E-state index in [0.29, 0.717) is 12.1 Å². The van der Waals surface area contributed by atoms with E-state index in [0.717, 1.165) is 11.0 Å². The Labute approximate surface area is 157 Å². The number of nitrogens with zero attached hydrogens (tertiary/aromatic N) is 1. The smallest absolute Gasteiger partial charge is 0.265 e. The van der Waals surface area contributed by atoms with Crippen LogP contribution in [0, 0.1) is 0 Å². The molecule has 0 saturated heterocycles. The minimum absolute atomic E-state index is 0.223. The second-order valence-corrected chi connectivity index (χ2v) is 6.50. The molecule has 0 radical (unpaired) electrons. The highest BCUT2D eigenvalue weighted by Crippen LogP contribution is 2.28. The van der Waals surface area contributed by atoms with E-state index in [-0.39, 0.29) is 12.5 Å². The molecule has 1 unspecified atom stereocenters. The minimum atomic E-state index is -0.653. The Hall–Kier alpha value is -3.15. The molecule has 0 aliphatic heterocycles. The van der Waals surface area contributed by atoms with Gasteiger partial charge in [0.2, 0.25) is 0 Å². The van der Waals surface area contributed by atoms with Crippen molar-refractivity contribution in [3.05, 3.63) is 84.4 Å². The van der Waals surface area contributed by atoms with E-state index < -0.39 is 6.10 Å². The highest BCUT2D eigenvalue weighted by atomic mass is 16.3. The number of hydrogen-bond donors (Lipinski definition) is 3. The lowest BCUT2D eigenvalue weighted by molar-refractivity contribution is 0.0912. The summed E-state index contributed by atoms with van der Waals surface area (Å²) in [5.74, 6) is -0.223. The highest BCUT2D eigenvalue weighted by molar-refractivity contribution is 6.07. The Morgan fingerprint density at radius 1 is 0.852 bits per heavy atom. The quantitative estimate of drug-likeness (QED) is 0.464. The van der Waals surface area contributed by atoms with Crippen LogP contribution in [0.3, 0.4) is 0 Å². The van der Waals surface area contributed by atoms with E-state index >= 15 is 0 Å². The van der Waals surface area contributed by atoms with Gasteiger partial charge in [0.1, 0.15) is 0 Å². The van der Waals surface area contributed by atoms with Crippen molar-refractivity contribution < 1.29 is 9.90 Å². The van der Waals surface area contributed by atoms with E-state index in [1.807, 2.05) is 42.5 Å². The van der Waals surface area contributed by atoms with Crippen LogP contribution in [-0.4, -0.2) is 28.2 Å². The first-order valence-electron chi connectivity index (χ1n) is 8.96. The van der Waals surface area contributed by atoms with Crippen LogP contribution in [0.5, 0.6) is 0 Å². The number of para-hydroxylation sites is 2. The van der Waals surface area contributed by atoms with Crippen molar-refractivity contribution in [2.45, 2.75) is 12.6 Å². The third-order valence-corrected chi connectivity index (χ3v) is 4.65. The fourth-order valence-electron chi connectivity index (χ4n) is 3.39. The van der Waals surface area contributed by atoms with Crippen LogP contribution in [0.1, 0.15) is 10.4 Å². The molecule has 0 fully saturated rings. The summed E-state index contributed by atoms with van der Waals surface area (Å²) in [6, 6.07) is 25.3. The van der Waals surface area contributed by atoms with Crippen LogP contribution < -0.4 is 10.9 Å². The summed E-state index contributed by atoms with van der Waals surface area (Å²) in [4.78, 5) is 12.0. The molecule has 4 aromatic rings. The average molecular weight is 359 g/mol. The van der Waals surface area contributed by atoms with Crippen molar-refractivity contribution in [3.8, 4) is 0 Å².